The summed E-state index contributed by atoms with van der Waals surface area (Å²) in [5, 5.41) is 7.55. The van der Waals surface area contributed by atoms with Gasteiger partial charge >= 0.3 is 6.09 Å². The number of nitrogens with one attached hydrogen (secondary N) is 1. The zero-order chi connectivity index (χ0) is 13.5. The molecule has 0 aliphatic rings. The molecule has 2 heterocycles. The molecule has 2 aromatic rings. The van der Waals surface area contributed by atoms with Crippen molar-refractivity contribution in [1.29, 1.82) is 0 Å². The molecule has 6 heteroatoms. The summed E-state index contributed by atoms with van der Waals surface area (Å²) < 4.78 is 4.73. The lowest BCUT2D eigenvalue weighted by Crippen LogP contribution is -2.28. The summed E-state index contributed by atoms with van der Waals surface area (Å²) >= 11 is 3.48. The Bertz CT molecular complexity index is 483. The SMILES string of the molecule is NC(=O)OCCNC(Cc1cccs1)c1cccs1. The summed E-state index contributed by atoms with van der Waals surface area (Å²) in [5.74, 6) is 0. The number of hydrogen-bond acceptors (Lipinski definition) is 5. The third-order valence-corrected chi connectivity index (χ3v) is 4.49. The molecule has 0 aliphatic carbocycles. The van der Waals surface area contributed by atoms with Crippen LogP contribution in [0.3, 0.4) is 0 Å². The third-order valence-electron chi connectivity index (χ3n) is 2.61. The summed E-state index contributed by atoms with van der Waals surface area (Å²) in [7, 11) is 0. The molecular weight excluding hydrogens is 280 g/mol. The number of nitrogens with two attached hydrogens (primary N) is 1. The van der Waals surface area contributed by atoms with Crippen LogP contribution in [0.2, 0.25) is 0 Å². The van der Waals surface area contributed by atoms with Gasteiger partial charge in [0.1, 0.15) is 6.61 Å². The number of ether oxygens (including phenoxy) is 1. The molecule has 0 saturated carbocycles. The number of primary amides is 1. The highest BCUT2D eigenvalue weighted by Gasteiger charge is 2.13. The molecule has 19 heavy (non-hydrogen) atoms. The minimum atomic E-state index is -0.729. The van der Waals surface area contributed by atoms with Crippen molar-refractivity contribution in [1.82, 2.24) is 5.32 Å². The number of rotatable bonds is 7. The molecule has 1 unspecified atom stereocenters. The zero-order valence-electron chi connectivity index (χ0n) is 10.4. The summed E-state index contributed by atoms with van der Waals surface area (Å²) in [6, 6.07) is 8.60. The first-order valence-electron chi connectivity index (χ1n) is 5.97. The summed E-state index contributed by atoms with van der Waals surface area (Å²) in [6.07, 6.45) is 0.210. The maximum Gasteiger partial charge on any atom is 0.404 e. The molecule has 3 N–H and O–H groups in total. The quantitative estimate of drug-likeness (QED) is 0.772. The Morgan fingerprint density at radius 3 is 2.74 bits per heavy atom. The van der Waals surface area contributed by atoms with Gasteiger partial charge in [-0.1, -0.05) is 12.1 Å². The van der Waals surface area contributed by atoms with Crippen LogP contribution < -0.4 is 11.1 Å². The Balaban J connectivity index is 1.89. The molecule has 0 aromatic carbocycles. The number of amides is 1. The average molecular weight is 296 g/mol. The first kappa shape index (κ1) is 14.0. The van der Waals surface area contributed by atoms with Gasteiger partial charge in [-0.3, -0.25) is 0 Å². The van der Waals surface area contributed by atoms with E-state index in [0.717, 1.165) is 6.42 Å². The number of carbonyl (C=O) groups is 1. The lowest BCUT2D eigenvalue weighted by Gasteiger charge is -2.16. The summed E-state index contributed by atoms with van der Waals surface area (Å²) in [5.41, 5.74) is 4.93. The van der Waals surface area contributed by atoms with Gasteiger partial charge in [-0.25, -0.2) is 4.79 Å². The molecule has 0 saturated heterocycles. The average Bonchev–Trinajstić information content (AvgIpc) is 3.05. The highest BCUT2D eigenvalue weighted by atomic mass is 32.1. The largest absolute Gasteiger partial charge is 0.448 e. The fourth-order valence-corrected chi connectivity index (χ4v) is 3.33. The van der Waals surface area contributed by atoms with Crippen molar-refractivity contribution >= 4 is 28.8 Å². The van der Waals surface area contributed by atoms with E-state index in [1.807, 2.05) is 6.07 Å². The second-order valence-electron chi connectivity index (χ2n) is 3.97. The predicted molar refractivity (Wildman–Crippen MR) is 78.6 cm³/mol. The van der Waals surface area contributed by atoms with Gasteiger partial charge in [0.2, 0.25) is 0 Å². The van der Waals surface area contributed by atoms with Crippen LogP contribution in [-0.4, -0.2) is 19.2 Å². The second-order valence-corrected chi connectivity index (χ2v) is 5.98. The van der Waals surface area contributed by atoms with Crippen molar-refractivity contribution in [3.63, 3.8) is 0 Å². The maximum atomic E-state index is 10.5. The molecule has 0 fully saturated rings. The molecule has 2 aromatic heterocycles. The topological polar surface area (TPSA) is 64.4 Å². The van der Waals surface area contributed by atoms with E-state index in [1.54, 1.807) is 22.7 Å². The van der Waals surface area contributed by atoms with Crippen molar-refractivity contribution in [3.05, 3.63) is 44.8 Å². The molecule has 1 amide bonds. The second kappa shape index (κ2) is 7.28. The normalized spacial score (nSPS) is 12.2. The fraction of sp³-hybridized carbons (Fsp3) is 0.308. The van der Waals surface area contributed by atoms with E-state index in [1.165, 1.54) is 9.75 Å². The monoisotopic (exact) mass is 296 g/mol. The van der Waals surface area contributed by atoms with E-state index < -0.39 is 6.09 Å². The Morgan fingerprint density at radius 2 is 2.11 bits per heavy atom. The maximum absolute atomic E-state index is 10.5. The van der Waals surface area contributed by atoms with Crippen molar-refractivity contribution in [2.24, 2.45) is 5.73 Å². The minimum Gasteiger partial charge on any atom is -0.448 e. The smallest absolute Gasteiger partial charge is 0.404 e. The van der Waals surface area contributed by atoms with Crippen LogP contribution in [0.4, 0.5) is 4.79 Å². The van der Waals surface area contributed by atoms with Crippen molar-refractivity contribution < 1.29 is 9.53 Å². The standard InChI is InChI=1S/C13H16N2O2S2/c14-13(16)17-6-5-15-11(12-4-2-8-19-12)9-10-3-1-7-18-10/h1-4,7-8,11,15H,5-6,9H2,(H2,14,16). The van der Waals surface area contributed by atoms with E-state index in [-0.39, 0.29) is 6.04 Å². The van der Waals surface area contributed by atoms with Crippen LogP contribution in [0.1, 0.15) is 15.8 Å². The molecule has 0 radical (unpaired) electrons. The molecule has 0 spiro atoms. The third kappa shape index (κ3) is 4.66. The Labute approximate surface area is 120 Å². The van der Waals surface area contributed by atoms with Gasteiger partial charge < -0.3 is 15.8 Å². The van der Waals surface area contributed by atoms with Crippen LogP contribution >= 0.6 is 22.7 Å². The van der Waals surface area contributed by atoms with Crippen molar-refractivity contribution in [2.75, 3.05) is 13.2 Å². The van der Waals surface area contributed by atoms with E-state index >= 15 is 0 Å². The Hall–Kier alpha value is -1.37. The van der Waals surface area contributed by atoms with Gasteiger partial charge in [0, 0.05) is 28.8 Å². The number of carbonyl (C=O) groups excluding carboxylic acids is 1. The van der Waals surface area contributed by atoms with Gasteiger partial charge in [-0.05, 0) is 22.9 Å². The lowest BCUT2D eigenvalue weighted by atomic mass is 10.1. The highest BCUT2D eigenvalue weighted by molar-refractivity contribution is 7.10. The molecular formula is C13H16N2O2S2. The van der Waals surface area contributed by atoms with Crippen LogP contribution in [0.25, 0.3) is 0 Å². The number of hydrogen-bond donors (Lipinski definition) is 2. The first-order valence-corrected chi connectivity index (χ1v) is 7.73. The molecule has 0 bridgehead atoms. The van der Waals surface area contributed by atoms with Crippen molar-refractivity contribution in [3.8, 4) is 0 Å². The molecule has 102 valence electrons. The predicted octanol–water partition coefficient (Wildman–Crippen LogP) is 2.78. The van der Waals surface area contributed by atoms with Crippen LogP contribution in [0.15, 0.2) is 35.0 Å². The zero-order valence-corrected chi connectivity index (χ0v) is 12.0. The van der Waals surface area contributed by atoms with Crippen LogP contribution in [0, 0.1) is 0 Å². The molecule has 4 nitrogen and oxygen atoms in total. The van der Waals surface area contributed by atoms with Gasteiger partial charge in [0.05, 0.1) is 0 Å². The first-order chi connectivity index (χ1) is 9.25. The van der Waals surface area contributed by atoms with E-state index in [9.17, 15) is 4.79 Å². The van der Waals surface area contributed by atoms with Gasteiger partial charge in [-0.15, -0.1) is 22.7 Å². The van der Waals surface area contributed by atoms with E-state index in [4.69, 9.17) is 10.5 Å². The molecule has 1 atom stereocenters. The van der Waals surface area contributed by atoms with Gasteiger partial charge in [-0.2, -0.15) is 0 Å². The summed E-state index contributed by atoms with van der Waals surface area (Å²) in [6.45, 7) is 0.887. The highest BCUT2D eigenvalue weighted by Crippen LogP contribution is 2.24. The Kier molecular flexibility index (Phi) is 5.38. The summed E-state index contributed by atoms with van der Waals surface area (Å²) in [4.78, 5) is 13.1. The lowest BCUT2D eigenvalue weighted by molar-refractivity contribution is 0.156. The Morgan fingerprint density at radius 1 is 1.32 bits per heavy atom. The van der Waals surface area contributed by atoms with E-state index in [0.29, 0.717) is 13.2 Å². The molecule has 0 aliphatic heterocycles. The number of thiophene rings is 2. The van der Waals surface area contributed by atoms with Crippen LogP contribution in [-0.2, 0) is 11.2 Å². The van der Waals surface area contributed by atoms with Gasteiger partial charge in [0.25, 0.3) is 0 Å². The van der Waals surface area contributed by atoms with Gasteiger partial charge in [0.15, 0.2) is 0 Å². The van der Waals surface area contributed by atoms with E-state index in [2.05, 4.69) is 34.3 Å². The fourth-order valence-electron chi connectivity index (χ4n) is 1.78. The van der Waals surface area contributed by atoms with Crippen molar-refractivity contribution in [2.45, 2.75) is 12.5 Å². The molecule has 2 rings (SSSR count). The minimum absolute atomic E-state index is 0.245. The van der Waals surface area contributed by atoms with Crippen LogP contribution in [0.5, 0.6) is 0 Å².